The van der Waals surface area contributed by atoms with Crippen molar-refractivity contribution < 1.29 is 4.39 Å². The van der Waals surface area contributed by atoms with Gasteiger partial charge in [-0.15, -0.1) is 0 Å². The van der Waals surface area contributed by atoms with Crippen LogP contribution in [-0.4, -0.2) is 63.7 Å². The molecule has 0 bridgehead atoms. The maximum atomic E-state index is 16.0. The molecule has 5 rings (SSSR count). The molecule has 0 aliphatic carbocycles. The molecular weight excluding hydrogens is 425 g/mol. The van der Waals surface area contributed by atoms with Crippen LogP contribution in [0.5, 0.6) is 0 Å². The van der Waals surface area contributed by atoms with Gasteiger partial charge in [-0.3, -0.25) is 5.10 Å². The SMILES string of the molecule is CC(C)c1c(-c2cn[nH]c2)[nH]c2ccc(C3CCN(CC4CCN(C(C)C)CC4)CC3)c(F)c12. The van der Waals surface area contributed by atoms with E-state index >= 15 is 4.39 Å². The van der Waals surface area contributed by atoms with Crippen LogP contribution in [0.25, 0.3) is 22.2 Å². The van der Waals surface area contributed by atoms with Crippen LogP contribution in [0, 0.1) is 11.7 Å². The molecular formula is C28H40FN5. The molecule has 0 amide bonds. The summed E-state index contributed by atoms with van der Waals surface area (Å²) in [6.07, 6.45) is 8.39. The third-order valence-electron chi connectivity index (χ3n) is 8.26. The largest absolute Gasteiger partial charge is 0.354 e. The number of likely N-dealkylation sites (tertiary alicyclic amines) is 2. The summed E-state index contributed by atoms with van der Waals surface area (Å²) in [7, 11) is 0. The van der Waals surface area contributed by atoms with Gasteiger partial charge in [-0.05, 0) is 101 Å². The Balaban J connectivity index is 1.29. The molecule has 0 atom stereocenters. The van der Waals surface area contributed by atoms with E-state index in [0.717, 1.165) is 65.1 Å². The van der Waals surface area contributed by atoms with Crippen molar-refractivity contribution in [3.8, 4) is 11.3 Å². The monoisotopic (exact) mass is 465 g/mol. The highest BCUT2D eigenvalue weighted by molar-refractivity contribution is 5.92. The fourth-order valence-electron chi connectivity index (χ4n) is 6.24. The van der Waals surface area contributed by atoms with E-state index in [2.05, 4.69) is 58.7 Å². The van der Waals surface area contributed by atoms with Gasteiger partial charge in [0.15, 0.2) is 0 Å². The van der Waals surface area contributed by atoms with E-state index in [1.807, 2.05) is 12.3 Å². The number of H-pyrrole nitrogens is 2. The van der Waals surface area contributed by atoms with Crippen LogP contribution in [0.3, 0.4) is 0 Å². The summed E-state index contributed by atoms with van der Waals surface area (Å²) in [5.74, 6) is 1.31. The van der Waals surface area contributed by atoms with Gasteiger partial charge in [-0.1, -0.05) is 19.9 Å². The molecule has 2 saturated heterocycles. The van der Waals surface area contributed by atoms with Gasteiger partial charge in [-0.25, -0.2) is 4.39 Å². The molecule has 5 nitrogen and oxygen atoms in total. The highest BCUT2D eigenvalue weighted by Crippen LogP contribution is 2.40. The number of aromatic nitrogens is 3. The van der Waals surface area contributed by atoms with Gasteiger partial charge in [0.1, 0.15) is 5.82 Å². The van der Waals surface area contributed by atoms with Crippen molar-refractivity contribution in [3.05, 3.63) is 41.5 Å². The summed E-state index contributed by atoms with van der Waals surface area (Å²) < 4.78 is 16.0. The minimum atomic E-state index is -0.0216. The van der Waals surface area contributed by atoms with E-state index in [1.54, 1.807) is 6.20 Å². The molecule has 2 N–H and O–H groups in total. The highest BCUT2D eigenvalue weighted by Gasteiger charge is 2.29. The molecule has 2 aliphatic rings. The second kappa shape index (κ2) is 9.82. The molecule has 4 heterocycles. The Bertz CT molecular complexity index is 1080. The van der Waals surface area contributed by atoms with Crippen molar-refractivity contribution >= 4 is 10.9 Å². The van der Waals surface area contributed by atoms with Crippen molar-refractivity contribution in [1.82, 2.24) is 25.0 Å². The Hall–Kier alpha value is -2.18. The lowest BCUT2D eigenvalue weighted by Crippen LogP contribution is -2.43. The van der Waals surface area contributed by atoms with E-state index in [9.17, 15) is 0 Å². The molecule has 6 heteroatoms. The summed E-state index contributed by atoms with van der Waals surface area (Å²) in [6, 6.07) is 4.77. The van der Waals surface area contributed by atoms with E-state index in [1.165, 1.54) is 32.5 Å². The van der Waals surface area contributed by atoms with Gasteiger partial charge in [0.05, 0.1) is 11.9 Å². The Morgan fingerprint density at radius 2 is 1.76 bits per heavy atom. The number of piperidine rings is 2. The third-order valence-corrected chi connectivity index (χ3v) is 8.26. The second-order valence-electron chi connectivity index (χ2n) is 11.1. The molecule has 1 aromatic carbocycles. The van der Waals surface area contributed by atoms with Crippen molar-refractivity contribution in [2.45, 2.75) is 71.3 Å². The van der Waals surface area contributed by atoms with Crippen molar-refractivity contribution in [3.63, 3.8) is 0 Å². The average Bonchev–Trinajstić information content (AvgIpc) is 3.49. The lowest BCUT2D eigenvalue weighted by Gasteiger charge is -2.39. The van der Waals surface area contributed by atoms with Gasteiger partial charge in [0, 0.05) is 35.2 Å². The van der Waals surface area contributed by atoms with Gasteiger partial charge >= 0.3 is 0 Å². The lowest BCUT2D eigenvalue weighted by molar-refractivity contribution is 0.110. The predicted molar refractivity (Wildman–Crippen MR) is 138 cm³/mol. The van der Waals surface area contributed by atoms with Gasteiger partial charge in [0.2, 0.25) is 0 Å². The Morgan fingerprint density at radius 1 is 1.03 bits per heavy atom. The van der Waals surface area contributed by atoms with E-state index in [4.69, 9.17) is 0 Å². The van der Waals surface area contributed by atoms with Crippen LogP contribution in [-0.2, 0) is 0 Å². The number of halogens is 1. The van der Waals surface area contributed by atoms with E-state index in [0.29, 0.717) is 12.0 Å². The minimum absolute atomic E-state index is 0.0216. The molecule has 2 aliphatic heterocycles. The number of aromatic amines is 2. The number of hydrogen-bond donors (Lipinski definition) is 2. The van der Waals surface area contributed by atoms with Crippen molar-refractivity contribution in [2.24, 2.45) is 5.92 Å². The summed E-state index contributed by atoms with van der Waals surface area (Å²) in [6.45, 7) is 14.7. The average molecular weight is 466 g/mol. The standard InChI is InChI=1S/C28H40FN5/c1-18(2)25-26-24(32-28(25)22-15-30-31-16-22)6-5-23(27(26)29)21-9-11-33(12-10-21)17-20-7-13-34(14-8-20)19(3)4/h5-6,15-16,18-21,32H,7-14,17H2,1-4H3,(H,30,31). The van der Waals surface area contributed by atoms with Gasteiger partial charge in [0.25, 0.3) is 0 Å². The molecule has 0 spiro atoms. The van der Waals surface area contributed by atoms with Crippen LogP contribution in [0.4, 0.5) is 4.39 Å². The molecule has 2 fully saturated rings. The molecule has 0 unspecified atom stereocenters. The number of hydrogen-bond acceptors (Lipinski definition) is 3. The first-order chi connectivity index (χ1) is 16.4. The summed E-state index contributed by atoms with van der Waals surface area (Å²) in [5, 5.41) is 7.75. The lowest BCUT2D eigenvalue weighted by atomic mass is 9.86. The topological polar surface area (TPSA) is 51.0 Å². The number of rotatable bonds is 6. The Morgan fingerprint density at radius 3 is 2.38 bits per heavy atom. The van der Waals surface area contributed by atoms with Crippen LogP contribution in [0.2, 0.25) is 0 Å². The first kappa shape index (κ1) is 23.6. The molecule has 0 radical (unpaired) electrons. The van der Waals surface area contributed by atoms with Crippen LogP contribution in [0.1, 0.15) is 76.3 Å². The molecule has 0 saturated carbocycles. The second-order valence-corrected chi connectivity index (χ2v) is 11.1. The first-order valence-electron chi connectivity index (χ1n) is 13.2. The van der Waals surface area contributed by atoms with Crippen molar-refractivity contribution in [1.29, 1.82) is 0 Å². The van der Waals surface area contributed by atoms with Crippen LogP contribution < -0.4 is 0 Å². The van der Waals surface area contributed by atoms with Gasteiger partial charge in [-0.2, -0.15) is 5.10 Å². The summed E-state index contributed by atoms with van der Waals surface area (Å²) in [5.41, 5.74) is 4.80. The van der Waals surface area contributed by atoms with E-state index in [-0.39, 0.29) is 11.7 Å². The smallest absolute Gasteiger partial charge is 0.136 e. The van der Waals surface area contributed by atoms with E-state index < -0.39 is 0 Å². The van der Waals surface area contributed by atoms with Gasteiger partial charge < -0.3 is 14.8 Å². The van der Waals surface area contributed by atoms with Crippen LogP contribution in [0.15, 0.2) is 24.5 Å². The molecule has 2 aromatic heterocycles. The number of benzene rings is 1. The number of nitrogens with zero attached hydrogens (tertiary/aromatic N) is 3. The number of fused-ring (bicyclic) bond motifs is 1. The fraction of sp³-hybridized carbons (Fsp3) is 0.607. The molecule has 34 heavy (non-hydrogen) atoms. The zero-order chi connectivity index (χ0) is 23.8. The maximum absolute atomic E-state index is 16.0. The third kappa shape index (κ3) is 4.55. The highest BCUT2D eigenvalue weighted by atomic mass is 19.1. The van der Waals surface area contributed by atoms with Crippen molar-refractivity contribution in [2.75, 3.05) is 32.7 Å². The minimum Gasteiger partial charge on any atom is -0.354 e. The quantitative estimate of drug-likeness (QED) is 0.461. The normalized spacial score (nSPS) is 19.7. The summed E-state index contributed by atoms with van der Waals surface area (Å²) in [4.78, 5) is 8.71. The zero-order valence-corrected chi connectivity index (χ0v) is 21.2. The Kier molecular flexibility index (Phi) is 6.81. The molecule has 3 aromatic rings. The maximum Gasteiger partial charge on any atom is 0.136 e. The zero-order valence-electron chi connectivity index (χ0n) is 21.2. The molecule has 184 valence electrons. The Labute approximate surface area is 203 Å². The first-order valence-corrected chi connectivity index (χ1v) is 13.2. The number of nitrogens with one attached hydrogen (secondary N) is 2. The van der Waals surface area contributed by atoms with Crippen LogP contribution >= 0.6 is 0 Å². The summed E-state index contributed by atoms with van der Waals surface area (Å²) >= 11 is 0. The predicted octanol–water partition coefficient (Wildman–Crippen LogP) is 6.12. The fourth-order valence-corrected chi connectivity index (χ4v) is 6.24.